The van der Waals surface area contributed by atoms with Gasteiger partial charge in [0.1, 0.15) is 6.61 Å². The summed E-state index contributed by atoms with van der Waals surface area (Å²) in [5, 5.41) is 0. The molecule has 0 saturated carbocycles. The highest BCUT2D eigenvalue weighted by molar-refractivity contribution is 5.87. The molecule has 1 aliphatic rings. The first kappa shape index (κ1) is 9.99. The largest absolute Gasteiger partial charge is 0.458 e. The predicted octanol–water partition coefficient (Wildman–Crippen LogP) is 1.45. The second-order valence-electron chi connectivity index (χ2n) is 2.98. The summed E-state index contributed by atoms with van der Waals surface area (Å²) in [5.41, 5.74) is 0.511. The second kappa shape index (κ2) is 4.82. The zero-order chi connectivity index (χ0) is 9.68. The number of hydrogen-bond acceptors (Lipinski definition) is 3. The number of esters is 1. The van der Waals surface area contributed by atoms with Gasteiger partial charge in [0, 0.05) is 5.57 Å². The number of epoxide rings is 1. The first-order valence-corrected chi connectivity index (χ1v) is 4.31. The van der Waals surface area contributed by atoms with Crippen LogP contribution in [0.15, 0.2) is 24.8 Å². The van der Waals surface area contributed by atoms with E-state index in [4.69, 9.17) is 9.47 Å². The summed E-state index contributed by atoms with van der Waals surface area (Å²) in [7, 11) is 0. The van der Waals surface area contributed by atoms with Crippen molar-refractivity contribution >= 4 is 5.97 Å². The molecule has 1 fully saturated rings. The maximum Gasteiger partial charge on any atom is 0.333 e. The fraction of sp³-hybridized carbons (Fsp3) is 0.500. The minimum absolute atomic E-state index is 0.248. The van der Waals surface area contributed by atoms with E-state index in [-0.39, 0.29) is 12.6 Å². The molecule has 0 N–H and O–H groups in total. The van der Waals surface area contributed by atoms with Crippen LogP contribution in [-0.2, 0) is 14.3 Å². The number of hydrogen-bond donors (Lipinski definition) is 0. The molecule has 0 aromatic heterocycles. The van der Waals surface area contributed by atoms with Crippen molar-refractivity contribution in [2.45, 2.75) is 18.9 Å². The Hall–Kier alpha value is -1.09. The normalized spacial score (nSPS) is 19.2. The molecule has 3 nitrogen and oxygen atoms in total. The summed E-state index contributed by atoms with van der Waals surface area (Å²) < 4.78 is 9.82. The minimum atomic E-state index is -0.333. The molecule has 1 saturated heterocycles. The Morgan fingerprint density at radius 1 is 1.69 bits per heavy atom. The van der Waals surface area contributed by atoms with Crippen molar-refractivity contribution in [3.8, 4) is 0 Å². The quantitative estimate of drug-likeness (QED) is 0.270. The predicted molar refractivity (Wildman–Crippen MR) is 49.3 cm³/mol. The monoisotopic (exact) mass is 182 g/mol. The molecule has 0 aliphatic carbocycles. The van der Waals surface area contributed by atoms with Gasteiger partial charge >= 0.3 is 5.97 Å². The third kappa shape index (κ3) is 3.90. The van der Waals surface area contributed by atoms with Gasteiger partial charge in [0.2, 0.25) is 0 Å². The van der Waals surface area contributed by atoms with Gasteiger partial charge < -0.3 is 9.47 Å². The topological polar surface area (TPSA) is 38.8 Å². The van der Waals surface area contributed by atoms with E-state index >= 15 is 0 Å². The van der Waals surface area contributed by atoms with E-state index in [1.54, 1.807) is 0 Å². The standard InChI is InChI=1S/C10H14O3/c1-3-6-12-10(11)8(2)4-5-9-7-13-9/h3,9H,1-2,4-7H2. The van der Waals surface area contributed by atoms with Crippen LogP contribution in [0.1, 0.15) is 12.8 Å². The summed E-state index contributed by atoms with van der Waals surface area (Å²) in [6.45, 7) is 8.15. The number of carbonyl (C=O) groups excluding carboxylic acids is 1. The van der Waals surface area contributed by atoms with Crippen molar-refractivity contribution in [1.82, 2.24) is 0 Å². The molecule has 0 radical (unpaired) electrons. The van der Waals surface area contributed by atoms with Crippen LogP contribution in [0, 0.1) is 0 Å². The Bertz CT molecular complexity index is 216. The van der Waals surface area contributed by atoms with E-state index in [1.807, 2.05) is 0 Å². The summed E-state index contributed by atoms with van der Waals surface area (Å²) in [6.07, 6.45) is 3.39. The molecular weight excluding hydrogens is 168 g/mol. The lowest BCUT2D eigenvalue weighted by Gasteiger charge is -2.03. The van der Waals surface area contributed by atoms with Crippen molar-refractivity contribution in [2.75, 3.05) is 13.2 Å². The van der Waals surface area contributed by atoms with Crippen LogP contribution in [0.3, 0.4) is 0 Å². The highest BCUT2D eigenvalue weighted by atomic mass is 16.6. The molecule has 0 aromatic rings. The highest BCUT2D eigenvalue weighted by Crippen LogP contribution is 2.18. The number of ether oxygens (including phenoxy) is 2. The molecule has 3 heteroatoms. The van der Waals surface area contributed by atoms with Gasteiger partial charge in [0.25, 0.3) is 0 Å². The molecular formula is C10H14O3. The third-order valence-electron chi connectivity index (χ3n) is 1.79. The maximum absolute atomic E-state index is 11.1. The highest BCUT2D eigenvalue weighted by Gasteiger charge is 2.23. The molecule has 1 heterocycles. The van der Waals surface area contributed by atoms with E-state index < -0.39 is 0 Å². The molecule has 13 heavy (non-hydrogen) atoms. The van der Waals surface area contributed by atoms with Crippen LogP contribution < -0.4 is 0 Å². The van der Waals surface area contributed by atoms with Crippen molar-refractivity contribution in [3.63, 3.8) is 0 Å². The molecule has 1 unspecified atom stereocenters. The Kier molecular flexibility index (Phi) is 3.71. The van der Waals surface area contributed by atoms with Gasteiger partial charge in [-0.2, -0.15) is 0 Å². The first-order valence-electron chi connectivity index (χ1n) is 4.31. The Morgan fingerprint density at radius 2 is 2.38 bits per heavy atom. The lowest BCUT2D eigenvalue weighted by molar-refractivity contribution is -0.137. The average Bonchev–Trinajstić information content (AvgIpc) is 2.93. The Balaban J connectivity index is 2.12. The van der Waals surface area contributed by atoms with Crippen LogP contribution in [0.25, 0.3) is 0 Å². The van der Waals surface area contributed by atoms with Crippen molar-refractivity contribution in [3.05, 3.63) is 24.8 Å². The summed E-state index contributed by atoms with van der Waals surface area (Å²) in [5.74, 6) is -0.333. The molecule has 0 amide bonds. The summed E-state index contributed by atoms with van der Waals surface area (Å²) >= 11 is 0. The lowest BCUT2D eigenvalue weighted by atomic mass is 10.1. The lowest BCUT2D eigenvalue weighted by Crippen LogP contribution is -2.07. The summed E-state index contributed by atoms with van der Waals surface area (Å²) in [4.78, 5) is 11.1. The molecule has 0 aromatic carbocycles. The van der Waals surface area contributed by atoms with E-state index in [0.29, 0.717) is 18.1 Å². The van der Waals surface area contributed by atoms with Crippen LogP contribution in [0.5, 0.6) is 0 Å². The van der Waals surface area contributed by atoms with E-state index in [2.05, 4.69) is 13.2 Å². The van der Waals surface area contributed by atoms with Crippen molar-refractivity contribution in [2.24, 2.45) is 0 Å². The number of carbonyl (C=O) groups is 1. The van der Waals surface area contributed by atoms with Gasteiger partial charge in [0.15, 0.2) is 0 Å². The van der Waals surface area contributed by atoms with Gasteiger partial charge in [-0.1, -0.05) is 19.2 Å². The molecule has 1 atom stereocenters. The van der Waals surface area contributed by atoms with E-state index in [1.165, 1.54) is 6.08 Å². The second-order valence-corrected chi connectivity index (χ2v) is 2.98. The zero-order valence-corrected chi connectivity index (χ0v) is 7.62. The molecule has 72 valence electrons. The van der Waals surface area contributed by atoms with E-state index in [0.717, 1.165) is 13.0 Å². The minimum Gasteiger partial charge on any atom is -0.458 e. The van der Waals surface area contributed by atoms with Crippen LogP contribution in [-0.4, -0.2) is 25.3 Å². The van der Waals surface area contributed by atoms with Gasteiger partial charge in [-0.3, -0.25) is 0 Å². The molecule has 1 aliphatic heterocycles. The fourth-order valence-corrected chi connectivity index (χ4v) is 0.909. The molecule has 0 bridgehead atoms. The third-order valence-corrected chi connectivity index (χ3v) is 1.79. The van der Waals surface area contributed by atoms with Gasteiger partial charge in [-0.05, 0) is 12.8 Å². The van der Waals surface area contributed by atoms with Crippen LogP contribution >= 0.6 is 0 Å². The smallest absolute Gasteiger partial charge is 0.333 e. The van der Waals surface area contributed by atoms with E-state index in [9.17, 15) is 4.79 Å². The Labute approximate surface area is 78.0 Å². The summed E-state index contributed by atoms with van der Waals surface area (Å²) in [6, 6.07) is 0. The van der Waals surface area contributed by atoms with Gasteiger partial charge in [-0.15, -0.1) is 0 Å². The Morgan fingerprint density at radius 3 is 2.92 bits per heavy atom. The van der Waals surface area contributed by atoms with Crippen LogP contribution in [0.4, 0.5) is 0 Å². The van der Waals surface area contributed by atoms with Crippen molar-refractivity contribution in [1.29, 1.82) is 0 Å². The van der Waals surface area contributed by atoms with Gasteiger partial charge in [-0.25, -0.2) is 4.79 Å². The van der Waals surface area contributed by atoms with Crippen LogP contribution in [0.2, 0.25) is 0 Å². The maximum atomic E-state index is 11.1. The average molecular weight is 182 g/mol. The zero-order valence-electron chi connectivity index (χ0n) is 7.62. The molecule has 0 spiro atoms. The van der Waals surface area contributed by atoms with Crippen molar-refractivity contribution < 1.29 is 14.3 Å². The first-order chi connectivity index (χ1) is 6.24. The fourth-order valence-electron chi connectivity index (χ4n) is 0.909. The molecule has 1 rings (SSSR count). The SMILES string of the molecule is C=CCOC(=O)C(=C)CCC1CO1. The van der Waals surface area contributed by atoms with Gasteiger partial charge in [0.05, 0.1) is 12.7 Å². The number of rotatable bonds is 6.